The highest BCUT2D eigenvalue weighted by molar-refractivity contribution is 5.96. The minimum absolute atomic E-state index is 0.00892. The number of benzene rings is 1. The normalized spacial score (nSPS) is 13.8. The number of amides is 4. The molecule has 14 N–H and O–H groups in total. The van der Waals surface area contributed by atoms with Crippen molar-refractivity contribution in [2.45, 2.75) is 49.9 Å². The lowest BCUT2D eigenvalue weighted by molar-refractivity contribution is -0.142. The number of carboxylic acids is 1. The first-order chi connectivity index (χ1) is 18.9. The number of rotatable bonds is 16. The number of aliphatic carboxylic acids is 1. The molecule has 1 heterocycles. The third kappa shape index (κ3) is 9.55. The van der Waals surface area contributed by atoms with Crippen LogP contribution in [-0.4, -0.2) is 88.1 Å². The molecule has 0 bridgehead atoms. The molecule has 1 aromatic heterocycles. The Morgan fingerprint density at radius 3 is 2.17 bits per heavy atom. The molecule has 4 atom stereocenters. The van der Waals surface area contributed by atoms with Gasteiger partial charge in [-0.2, -0.15) is 0 Å². The number of aliphatic imine (C=N–C) groups is 1. The summed E-state index contributed by atoms with van der Waals surface area (Å²) in [5.74, 6) is -5.10. The minimum Gasteiger partial charge on any atom is -0.480 e. The highest BCUT2D eigenvalue weighted by Gasteiger charge is 2.31. The second-order valence-corrected chi connectivity index (χ2v) is 8.99. The van der Waals surface area contributed by atoms with E-state index >= 15 is 0 Å². The summed E-state index contributed by atoms with van der Waals surface area (Å²) in [7, 11) is 0. The number of nitrogens with one attached hydrogen (secondary N) is 4. The Morgan fingerprint density at radius 1 is 0.925 bits per heavy atom. The van der Waals surface area contributed by atoms with E-state index in [9.17, 15) is 29.1 Å². The van der Waals surface area contributed by atoms with Crippen molar-refractivity contribution in [2.75, 3.05) is 13.2 Å². The van der Waals surface area contributed by atoms with E-state index in [2.05, 4.69) is 25.9 Å². The van der Waals surface area contributed by atoms with Crippen LogP contribution in [0.5, 0.6) is 0 Å². The van der Waals surface area contributed by atoms with Crippen LogP contribution in [0.4, 0.5) is 0 Å². The van der Waals surface area contributed by atoms with Gasteiger partial charge in [0.15, 0.2) is 5.96 Å². The van der Waals surface area contributed by atoms with Gasteiger partial charge in [0.1, 0.15) is 24.2 Å². The van der Waals surface area contributed by atoms with Crippen LogP contribution in [-0.2, 0) is 30.4 Å². The van der Waals surface area contributed by atoms with Gasteiger partial charge in [0.25, 0.3) is 0 Å². The highest BCUT2D eigenvalue weighted by atomic mass is 16.4. The first-order valence-corrected chi connectivity index (χ1v) is 12.3. The molecule has 0 saturated carbocycles. The molecule has 0 aliphatic rings. The lowest BCUT2D eigenvalue weighted by Crippen LogP contribution is -2.58. The number of hydrogen-bond donors (Lipinski definition) is 10. The number of aliphatic hydroxyl groups excluding tert-OH is 1. The molecule has 0 aliphatic carbocycles. The van der Waals surface area contributed by atoms with E-state index in [1.807, 2.05) is 12.1 Å². The lowest BCUT2D eigenvalue weighted by atomic mass is 10.0. The molecule has 218 valence electrons. The molecule has 2 rings (SSSR count). The first-order valence-electron chi connectivity index (χ1n) is 12.3. The van der Waals surface area contributed by atoms with Crippen molar-refractivity contribution in [1.82, 2.24) is 20.9 Å². The van der Waals surface area contributed by atoms with Crippen molar-refractivity contribution >= 4 is 46.5 Å². The number of para-hydroxylation sites is 1. The SMILES string of the molecule is NC(=O)CC(NC(=O)C(N)CO)C(=O)NC(Cc1c[nH]c2ccccc12)C(=O)NC(CCCN=C(N)N)C(=O)O. The monoisotopic (exact) mass is 561 g/mol. The van der Waals surface area contributed by atoms with Gasteiger partial charge < -0.3 is 54.1 Å². The van der Waals surface area contributed by atoms with Crippen LogP contribution in [0, 0.1) is 0 Å². The summed E-state index contributed by atoms with van der Waals surface area (Å²) in [5, 5.41) is 26.6. The van der Waals surface area contributed by atoms with Crippen molar-refractivity contribution in [2.24, 2.45) is 27.9 Å². The molecule has 16 nitrogen and oxygen atoms in total. The van der Waals surface area contributed by atoms with Crippen LogP contribution >= 0.6 is 0 Å². The number of fused-ring (bicyclic) bond motifs is 1. The van der Waals surface area contributed by atoms with Crippen molar-refractivity contribution < 1.29 is 34.2 Å². The number of guanidine groups is 1. The molecule has 0 radical (unpaired) electrons. The third-order valence-corrected chi connectivity index (χ3v) is 5.86. The topological polar surface area (TPSA) is 294 Å². The van der Waals surface area contributed by atoms with E-state index in [1.165, 1.54) is 0 Å². The van der Waals surface area contributed by atoms with Crippen molar-refractivity contribution in [3.63, 3.8) is 0 Å². The third-order valence-electron chi connectivity index (χ3n) is 5.86. The number of carbonyl (C=O) groups excluding carboxylic acids is 4. The average molecular weight is 562 g/mol. The molecular weight excluding hydrogens is 526 g/mol. The number of aromatic nitrogens is 1. The van der Waals surface area contributed by atoms with Gasteiger partial charge in [0.2, 0.25) is 23.6 Å². The number of aliphatic hydroxyl groups is 1. The van der Waals surface area contributed by atoms with Gasteiger partial charge in [0.05, 0.1) is 13.0 Å². The van der Waals surface area contributed by atoms with Crippen LogP contribution in [0.1, 0.15) is 24.8 Å². The van der Waals surface area contributed by atoms with E-state index in [1.54, 1.807) is 18.3 Å². The Bertz CT molecular complexity index is 1240. The Morgan fingerprint density at radius 2 is 1.55 bits per heavy atom. The fraction of sp³-hybridized carbons (Fsp3) is 0.417. The van der Waals surface area contributed by atoms with E-state index < -0.39 is 66.8 Å². The summed E-state index contributed by atoms with van der Waals surface area (Å²) in [6.45, 7) is -0.579. The van der Waals surface area contributed by atoms with Crippen LogP contribution in [0.2, 0.25) is 0 Å². The predicted octanol–water partition coefficient (Wildman–Crippen LogP) is -3.50. The molecule has 2 aromatic rings. The number of primary amides is 1. The molecule has 0 fully saturated rings. The number of nitrogens with two attached hydrogens (primary N) is 4. The van der Waals surface area contributed by atoms with Gasteiger partial charge in [0, 0.05) is 30.1 Å². The maximum Gasteiger partial charge on any atom is 0.326 e. The summed E-state index contributed by atoms with van der Waals surface area (Å²) in [5.41, 5.74) is 22.7. The Labute approximate surface area is 228 Å². The van der Waals surface area contributed by atoms with Gasteiger partial charge in [-0.25, -0.2) is 4.79 Å². The molecule has 0 aliphatic heterocycles. The summed E-state index contributed by atoms with van der Waals surface area (Å²) in [6.07, 6.45) is 1.18. The van der Waals surface area contributed by atoms with E-state index in [0.29, 0.717) is 5.56 Å². The fourth-order valence-electron chi connectivity index (χ4n) is 3.81. The fourth-order valence-corrected chi connectivity index (χ4v) is 3.81. The van der Waals surface area contributed by atoms with E-state index in [4.69, 9.17) is 28.0 Å². The molecule has 0 spiro atoms. The van der Waals surface area contributed by atoms with Gasteiger partial charge in [-0.3, -0.25) is 24.2 Å². The molecule has 4 amide bonds. The molecular formula is C24H35N9O7. The van der Waals surface area contributed by atoms with Crippen LogP contribution in [0.25, 0.3) is 10.9 Å². The highest BCUT2D eigenvalue weighted by Crippen LogP contribution is 2.19. The van der Waals surface area contributed by atoms with Crippen LogP contribution in [0.15, 0.2) is 35.5 Å². The van der Waals surface area contributed by atoms with Gasteiger partial charge in [-0.1, -0.05) is 18.2 Å². The smallest absolute Gasteiger partial charge is 0.326 e. The summed E-state index contributed by atoms with van der Waals surface area (Å²) in [6, 6.07) is 1.66. The van der Waals surface area contributed by atoms with Crippen LogP contribution < -0.4 is 38.9 Å². The number of carboxylic acid groups (broad SMARTS) is 1. The summed E-state index contributed by atoms with van der Waals surface area (Å²) >= 11 is 0. The van der Waals surface area contributed by atoms with Crippen molar-refractivity contribution in [3.8, 4) is 0 Å². The molecule has 1 aromatic carbocycles. The second-order valence-electron chi connectivity index (χ2n) is 8.99. The van der Waals surface area contributed by atoms with Gasteiger partial charge >= 0.3 is 5.97 Å². The van der Waals surface area contributed by atoms with E-state index in [-0.39, 0.29) is 31.8 Å². The number of H-pyrrole nitrogens is 1. The molecule has 40 heavy (non-hydrogen) atoms. The number of carbonyl (C=O) groups is 5. The van der Waals surface area contributed by atoms with Crippen LogP contribution in [0.3, 0.4) is 0 Å². The second kappa shape index (κ2) is 15.0. The van der Waals surface area contributed by atoms with Crippen molar-refractivity contribution in [3.05, 3.63) is 36.0 Å². The largest absolute Gasteiger partial charge is 0.480 e. The Hall–Kier alpha value is -4.70. The predicted molar refractivity (Wildman–Crippen MR) is 144 cm³/mol. The molecule has 16 heteroatoms. The molecule has 4 unspecified atom stereocenters. The summed E-state index contributed by atoms with van der Waals surface area (Å²) < 4.78 is 0. The Kier molecular flexibility index (Phi) is 11.8. The van der Waals surface area contributed by atoms with E-state index in [0.717, 1.165) is 10.9 Å². The zero-order chi connectivity index (χ0) is 29.8. The zero-order valence-corrected chi connectivity index (χ0v) is 21.6. The average Bonchev–Trinajstić information content (AvgIpc) is 3.31. The first kappa shape index (κ1) is 31.5. The number of aromatic amines is 1. The standard InChI is InChI=1S/C24H35N9O7/c25-14(11-34)20(36)32-18(9-19(26)35)22(38)33-17(8-12-10-30-15-5-2-1-4-13(12)15)21(37)31-16(23(39)40)6-3-7-29-24(27)28/h1-2,4-5,10,14,16-18,30,34H,3,6-9,11,25H2,(H2,26,35)(H,31,37)(H,32,36)(H,33,38)(H,39,40)(H4,27,28,29). The maximum absolute atomic E-state index is 13.3. The van der Waals surface area contributed by atoms with Gasteiger partial charge in [-0.15, -0.1) is 0 Å². The maximum atomic E-state index is 13.3. The van der Waals surface area contributed by atoms with Gasteiger partial charge in [-0.05, 0) is 24.5 Å². The minimum atomic E-state index is -1.52. The lowest BCUT2D eigenvalue weighted by Gasteiger charge is -2.24. The molecule has 0 saturated heterocycles. The number of hydrogen-bond acceptors (Lipinski definition) is 8. The summed E-state index contributed by atoms with van der Waals surface area (Å²) in [4.78, 5) is 68.9. The van der Waals surface area contributed by atoms with Crippen molar-refractivity contribution in [1.29, 1.82) is 0 Å². The quantitative estimate of drug-likeness (QED) is 0.0547. The Balaban J connectivity index is 2.30. The number of nitrogens with zero attached hydrogens (tertiary/aromatic N) is 1. The zero-order valence-electron chi connectivity index (χ0n) is 21.6.